The molecule has 0 radical (unpaired) electrons. The first-order chi connectivity index (χ1) is 10.2. The molecule has 1 saturated carbocycles. The highest BCUT2D eigenvalue weighted by Crippen LogP contribution is 2.44. The zero-order chi connectivity index (χ0) is 14.7. The molecule has 0 bridgehead atoms. The van der Waals surface area contributed by atoms with E-state index in [4.69, 9.17) is 5.84 Å². The van der Waals surface area contributed by atoms with E-state index in [1.807, 2.05) is 6.92 Å². The van der Waals surface area contributed by atoms with Crippen molar-refractivity contribution in [1.82, 2.24) is 10.4 Å². The Morgan fingerprint density at radius 3 is 2.57 bits per heavy atom. The van der Waals surface area contributed by atoms with Gasteiger partial charge in [-0.15, -0.1) is 11.3 Å². The maximum absolute atomic E-state index is 5.96. The summed E-state index contributed by atoms with van der Waals surface area (Å²) in [5.74, 6) is 5.96. The Bertz CT molecular complexity index is 573. The third-order valence-electron chi connectivity index (χ3n) is 4.76. The number of hydrazine groups is 1. The van der Waals surface area contributed by atoms with Crippen molar-refractivity contribution >= 4 is 11.3 Å². The Hall–Kier alpha value is -1.23. The molecular formula is C17H23N3S. The van der Waals surface area contributed by atoms with Crippen molar-refractivity contribution in [2.75, 3.05) is 0 Å². The summed E-state index contributed by atoms with van der Waals surface area (Å²) in [6.45, 7) is 2.05. The van der Waals surface area contributed by atoms with Crippen LogP contribution in [0.3, 0.4) is 0 Å². The summed E-state index contributed by atoms with van der Waals surface area (Å²) in [6.07, 6.45) is 5.88. The van der Waals surface area contributed by atoms with E-state index < -0.39 is 0 Å². The third kappa shape index (κ3) is 2.89. The van der Waals surface area contributed by atoms with Crippen molar-refractivity contribution < 1.29 is 0 Å². The molecule has 1 unspecified atom stereocenters. The number of aryl methyl sites for hydroxylation is 1. The van der Waals surface area contributed by atoms with Gasteiger partial charge >= 0.3 is 0 Å². The quantitative estimate of drug-likeness (QED) is 0.658. The standard InChI is InChI=1S/C17H23N3S/c1-13-12-21-16(19-13)11-15(20-18)17(9-5-6-10-17)14-7-3-2-4-8-14/h2-4,7-8,12,15,20H,5-6,9-11,18H2,1H3. The fourth-order valence-corrected chi connectivity index (χ4v) is 4.52. The number of nitrogens with zero attached hydrogens (tertiary/aromatic N) is 1. The topological polar surface area (TPSA) is 50.9 Å². The highest BCUT2D eigenvalue weighted by atomic mass is 32.1. The minimum atomic E-state index is 0.148. The maximum Gasteiger partial charge on any atom is 0.0944 e. The summed E-state index contributed by atoms with van der Waals surface area (Å²) in [6, 6.07) is 11.1. The first kappa shape index (κ1) is 14.7. The molecular weight excluding hydrogens is 278 g/mol. The lowest BCUT2D eigenvalue weighted by molar-refractivity contribution is 0.295. The van der Waals surface area contributed by atoms with Gasteiger partial charge in [0.1, 0.15) is 0 Å². The minimum absolute atomic E-state index is 0.148. The zero-order valence-corrected chi connectivity index (χ0v) is 13.3. The number of hydrogen-bond donors (Lipinski definition) is 2. The molecule has 1 aliphatic carbocycles. The number of rotatable bonds is 5. The van der Waals surface area contributed by atoms with Crippen LogP contribution in [0.5, 0.6) is 0 Å². The molecule has 112 valence electrons. The number of nitrogens with two attached hydrogens (primary N) is 1. The second-order valence-corrected chi connectivity index (χ2v) is 6.98. The summed E-state index contributed by atoms with van der Waals surface area (Å²) in [7, 11) is 0. The normalized spacial score (nSPS) is 18.8. The SMILES string of the molecule is Cc1csc(CC(NN)C2(c3ccccc3)CCCC2)n1. The number of hydrogen-bond acceptors (Lipinski definition) is 4. The van der Waals surface area contributed by atoms with Crippen LogP contribution in [0.15, 0.2) is 35.7 Å². The summed E-state index contributed by atoms with van der Waals surface area (Å²) in [5.41, 5.74) is 5.77. The summed E-state index contributed by atoms with van der Waals surface area (Å²) in [5, 5.41) is 3.30. The molecule has 1 aromatic carbocycles. The average molecular weight is 301 g/mol. The van der Waals surface area contributed by atoms with Crippen LogP contribution in [0.4, 0.5) is 0 Å². The van der Waals surface area contributed by atoms with E-state index in [1.54, 1.807) is 11.3 Å². The molecule has 3 nitrogen and oxygen atoms in total. The van der Waals surface area contributed by atoms with Crippen LogP contribution in [-0.2, 0) is 11.8 Å². The van der Waals surface area contributed by atoms with Gasteiger partial charge in [-0.1, -0.05) is 43.2 Å². The first-order valence-electron chi connectivity index (χ1n) is 7.67. The highest BCUT2D eigenvalue weighted by molar-refractivity contribution is 7.09. The smallest absolute Gasteiger partial charge is 0.0944 e. The molecule has 0 spiro atoms. The predicted molar refractivity (Wildman–Crippen MR) is 88.3 cm³/mol. The van der Waals surface area contributed by atoms with Crippen molar-refractivity contribution in [3.63, 3.8) is 0 Å². The van der Waals surface area contributed by atoms with Crippen LogP contribution in [0.1, 0.15) is 41.9 Å². The van der Waals surface area contributed by atoms with Crippen molar-refractivity contribution in [2.45, 2.75) is 50.5 Å². The van der Waals surface area contributed by atoms with Crippen LogP contribution >= 0.6 is 11.3 Å². The van der Waals surface area contributed by atoms with Gasteiger partial charge in [-0.25, -0.2) is 4.98 Å². The van der Waals surface area contributed by atoms with Gasteiger partial charge in [0.2, 0.25) is 0 Å². The van der Waals surface area contributed by atoms with E-state index in [0.29, 0.717) is 0 Å². The van der Waals surface area contributed by atoms with Crippen molar-refractivity contribution in [2.24, 2.45) is 5.84 Å². The zero-order valence-electron chi connectivity index (χ0n) is 12.5. The summed E-state index contributed by atoms with van der Waals surface area (Å²) in [4.78, 5) is 4.62. The molecule has 1 aromatic heterocycles. The predicted octanol–water partition coefficient (Wildman–Crippen LogP) is 3.34. The van der Waals surface area contributed by atoms with Crippen LogP contribution in [0.25, 0.3) is 0 Å². The summed E-state index contributed by atoms with van der Waals surface area (Å²) < 4.78 is 0. The second kappa shape index (κ2) is 6.26. The minimum Gasteiger partial charge on any atom is -0.271 e. The van der Waals surface area contributed by atoms with Crippen LogP contribution in [-0.4, -0.2) is 11.0 Å². The Balaban J connectivity index is 1.91. The van der Waals surface area contributed by atoms with Crippen molar-refractivity contribution in [3.05, 3.63) is 52.0 Å². The number of nitrogens with one attached hydrogen (secondary N) is 1. The lowest BCUT2D eigenvalue weighted by Crippen LogP contribution is -2.51. The highest BCUT2D eigenvalue weighted by Gasteiger charge is 2.42. The fraction of sp³-hybridized carbons (Fsp3) is 0.471. The largest absolute Gasteiger partial charge is 0.271 e. The van der Waals surface area contributed by atoms with Crippen LogP contribution in [0, 0.1) is 6.92 Å². The molecule has 0 amide bonds. The van der Waals surface area contributed by atoms with Gasteiger partial charge in [0.25, 0.3) is 0 Å². The molecule has 3 rings (SSSR count). The molecule has 3 N–H and O–H groups in total. The van der Waals surface area contributed by atoms with Crippen molar-refractivity contribution in [1.29, 1.82) is 0 Å². The molecule has 0 saturated heterocycles. The lowest BCUT2D eigenvalue weighted by atomic mass is 9.72. The lowest BCUT2D eigenvalue weighted by Gasteiger charge is -2.37. The van der Waals surface area contributed by atoms with E-state index >= 15 is 0 Å². The summed E-state index contributed by atoms with van der Waals surface area (Å²) >= 11 is 1.74. The average Bonchev–Trinajstić information content (AvgIpc) is 3.15. The van der Waals surface area contributed by atoms with Gasteiger partial charge in [-0.2, -0.15) is 0 Å². The molecule has 1 aliphatic rings. The second-order valence-electron chi connectivity index (χ2n) is 6.04. The van der Waals surface area contributed by atoms with Gasteiger partial charge in [-0.3, -0.25) is 11.3 Å². The Kier molecular flexibility index (Phi) is 4.38. The molecule has 1 heterocycles. The van der Waals surface area contributed by atoms with E-state index in [0.717, 1.165) is 12.1 Å². The Morgan fingerprint density at radius 2 is 2.00 bits per heavy atom. The van der Waals surface area contributed by atoms with E-state index in [2.05, 4.69) is 46.1 Å². The van der Waals surface area contributed by atoms with Gasteiger partial charge in [0.05, 0.1) is 5.01 Å². The van der Waals surface area contributed by atoms with Gasteiger partial charge in [-0.05, 0) is 25.3 Å². The van der Waals surface area contributed by atoms with E-state index in [9.17, 15) is 0 Å². The van der Waals surface area contributed by atoms with Gasteiger partial charge in [0.15, 0.2) is 0 Å². The third-order valence-corrected chi connectivity index (χ3v) is 5.75. The molecule has 1 fully saturated rings. The Labute approximate surface area is 130 Å². The van der Waals surface area contributed by atoms with Gasteiger partial charge < -0.3 is 0 Å². The van der Waals surface area contributed by atoms with Crippen LogP contribution in [0.2, 0.25) is 0 Å². The number of thiazole rings is 1. The van der Waals surface area contributed by atoms with E-state index in [-0.39, 0.29) is 11.5 Å². The fourth-order valence-electron chi connectivity index (χ4n) is 3.70. The van der Waals surface area contributed by atoms with Crippen LogP contribution < -0.4 is 11.3 Å². The van der Waals surface area contributed by atoms with Crippen molar-refractivity contribution in [3.8, 4) is 0 Å². The van der Waals surface area contributed by atoms with Gasteiger partial charge in [0, 0.05) is 29.0 Å². The number of aromatic nitrogens is 1. The molecule has 21 heavy (non-hydrogen) atoms. The van der Waals surface area contributed by atoms with E-state index in [1.165, 1.54) is 36.3 Å². The first-order valence-corrected chi connectivity index (χ1v) is 8.55. The molecule has 0 aliphatic heterocycles. The number of benzene rings is 1. The molecule has 2 aromatic rings. The monoisotopic (exact) mass is 301 g/mol. The molecule has 1 atom stereocenters. The Morgan fingerprint density at radius 1 is 1.29 bits per heavy atom. The maximum atomic E-state index is 5.96. The molecule has 4 heteroatoms.